The van der Waals surface area contributed by atoms with E-state index in [0.29, 0.717) is 31.6 Å². The molecule has 0 spiro atoms. The summed E-state index contributed by atoms with van der Waals surface area (Å²) in [5.74, 6) is -1.53. The van der Waals surface area contributed by atoms with Gasteiger partial charge in [-0.15, -0.1) is 0 Å². The molecule has 15 nitrogen and oxygen atoms in total. The van der Waals surface area contributed by atoms with Gasteiger partial charge in [0.15, 0.2) is 5.03 Å². The number of imidazole rings is 1. The number of carbonyl (C=O) groups is 4. The Morgan fingerprint density at radius 3 is 2.53 bits per heavy atom. The summed E-state index contributed by atoms with van der Waals surface area (Å²) in [4.78, 5) is 61.0. The van der Waals surface area contributed by atoms with Crippen molar-refractivity contribution in [2.24, 2.45) is 13.0 Å². The van der Waals surface area contributed by atoms with E-state index < -0.39 is 45.6 Å². The van der Waals surface area contributed by atoms with Crippen molar-refractivity contribution >= 4 is 39.7 Å². The number of carbonyl (C=O) groups excluding carboxylic acids is 4. The quantitative estimate of drug-likeness (QED) is 0.234. The minimum Gasteiger partial charge on any atom is -0.464 e. The predicted molar refractivity (Wildman–Crippen MR) is 171 cm³/mol. The maximum absolute atomic E-state index is 12.8. The molecule has 16 heteroatoms. The number of hydrogen-bond donors (Lipinski definition) is 2. The minimum absolute atomic E-state index is 0.0508. The van der Waals surface area contributed by atoms with Crippen LogP contribution in [0.15, 0.2) is 29.7 Å². The molecule has 0 aliphatic carbocycles. The fourth-order valence-electron chi connectivity index (χ4n) is 5.19. The highest BCUT2D eigenvalue weighted by Gasteiger charge is 2.42. The molecule has 2 aromatic rings. The maximum atomic E-state index is 12.8. The van der Waals surface area contributed by atoms with E-state index in [4.69, 9.17) is 14.5 Å². The average Bonchev–Trinajstić information content (AvgIpc) is 3.42. The van der Waals surface area contributed by atoms with Crippen LogP contribution in [0, 0.1) is 5.92 Å². The summed E-state index contributed by atoms with van der Waals surface area (Å²) in [7, 11) is -2.16. The first-order valence-corrected chi connectivity index (χ1v) is 17.3. The number of rotatable bonds is 13. The highest BCUT2D eigenvalue weighted by molar-refractivity contribution is 7.89. The second-order valence-corrected chi connectivity index (χ2v) is 14.6. The molecular weight excluding hydrogens is 630 g/mol. The number of fused-ring (bicyclic) bond motifs is 1. The first-order chi connectivity index (χ1) is 22.2. The largest absolute Gasteiger partial charge is 0.464 e. The monoisotopic (exact) mass is 675 g/mol. The Balaban J connectivity index is 1.22. The summed E-state index contributed by atoms with van der Waals surface area (Å²) in [6.45, 7) is 7.47. The number of aryl methyl sites for hydroxylation is 3. The lowest BCUT2D eigenvalue weighted by molar-refractivity contribution is -0.148. The molecular formula is C31H45N7O8S. The molecule has 1 saturated heterocycles. The van der Waals surface area contributed by atoms with E-state index >= 15 is 0 Å². The van der Waals surface area contributed by atoms with Crippen LogP contribution >= 0.6 is 0 Å². The third-order valence-electron chi connectivity index (χ3n) is 7.69. The molecule has 2 aromatic heterocycles. The van der Waals surface area contributed by atoms with Crippen molar-refractivity contribution in [3.05, 3.63) is 35.9 Å². The zero-order chi connectivity index (χ0) is 34.4. The Morgan fingerprint density at radius 2 is 1.87 bits per heavy atom. The van der Waals surface area contributed by atoms with E-state index in [1.54, 1.807) is 18.9 Å². The molecule has 1 atom stereocenters. The van der Waals surface area contributed by atoms with E-state index in [-0.39, 0.29) is 43.6 Å². The summed E-state index contributed by atoms with van der Waals surface area (Å²) < 4.78 is 38.7. The van der Waals surface area contributed by atoms with Crippen molar-refractivity contribution < 1.29 is 37.1 Å². The maximum Gasteiger partial charge on any atom is 0.416 e. The Labute approximate surface area is 275 Å². The number of anilines is 1. The molecule has 4 rings (SSSR count). The second kappa shape index (κ2) is 15.2. The number of sulfonamides is 1. The molecule has 0 bridgehead atoms. The van der Waals surface area contributed by atoms with E-state index in [2.05, 4.69) is 15.6 Å². The van der Waals surface area contributed by atoms with E-state index in [1.165, 1.54) is 17.1 Å². The highest BCUT2D eigenvalue weighted by Crippen LogP contribution is 2.28. The van der Waals surface area contributed by atoms with Gasteiger partial charge in [-0.25, -0.2) is 28.0 Å². The van der Waals surface area contributed by atoms with Crippen molar-refractivity contribution in [2.45, 2.75) is 82.9 Å². The Hall–Kier alpha value is -4.05. The zero-order valence-corrected chi connectivity index (χ0v) is 28.5. The van der Waals surface area contributed by atoms with Crippen LogP contribution in [0.1, 0.15) is 64.6 Å². The van der Waals surface area contributed by atoms with E-state index in [0.717, 1.165) is 28.4 Å². The average molecular weight is 676 g/mol. The minimum atomic E-state index is -3.82. The van der Waals surface area contributed by atoms with Crippen molar-refractivity contribution in [3.63, 3.8) is 0 Å². The van der Waals surface area contributed by atoms with Gasteiger partial charge in [-0.2, -0.15) is 4.31 Å². The lowest BCUT2D eigenvalue weighted by Crippen LogP contribution is -2.59. The normalized spacial score (nSPS) is 16.1. The number of hydrogen-bond acceptors (Lipinski definition) is 10. The van der Waals surface area contributed by atoms with Gasteiger partial charge in [0.25, 0.3) is 10.0 Å². The van der Waals surface area contributed by atoms with Gasteiger partial charge < -0.3 is 24.7 Å². The summed E-state index contributed by atoms with van der Waals surface area (Å²) in [6, 6.07) is 2.81. The standard InChI is InChI=1S/C31H45N7O8S/c1-6-45-29(41)24(35-28(40)22-17-37(18-22)47(43,44)26-19-36(5)20-33-26)16-32-25(39)12-8-7-11-23-14-13-21-10-9-15-38(27(21)34-23)30(42)46-31(2,3)4/h13-14,19-20,22,24H,6-12,15-18H2,1-5H3,(H,32,39)(H,35,40). The summed E-state index contributed by atoms with van der Waals surface area (Å²) in [5.41, 5.74) is 1.20. The van der Waals surface area contributed by atoms with Crippen LogP contribution in [0.3, 0.4) is 0 Å². The fraction of sp³-hybridized carbons (Fsp3) is 0.613. The Kier molecular flexibility index (Phi) is 11.6. The molecule has 0 saturated carbocycles. The van der Waals surface area contributed by atoms with Crippen LogP contribution in [0.4, 0.5) is 10.6 Å². The number of esters is 1. The molecule has 1 unspecified atom stereocenters. The molecule has 2 aliphatic rings. The summed E-state index contributed by atoms with van der Waals surface area (Å²) in [6.07, 6.45) is 6.04. The van der Waals surface area contributed by atoms with Crippen LogP contribution in [-0.2, 0) is 53.8 Å². The highest BCUT2D eigenvalue weighted by atomic mass is 32.2. The first-order valence-electron chi connectivity index (χ1n) is 15.9. The Bertz CT molecular complexity index is 1560. The van der Waals surface area contributed by atoms with E-state index in [9.17, 15) is 27.6 Å². The third-order valence-corrected chi connectivity index (χ3v) is 9.41. The summed E-state index contributed by atoms with van der Waals surface area (Å²) in [5, 5.41) is 5.19. The molecule has 47 heavy (non-hydrogen) atoms. The van der Waals surface area contributed by atoms with Gasteiger partial charge in [0.1, 0.15) is 17.5 Å². The summed E-state index contributed by atoms with van der Waals surface area (Å²) >= 11 is 0. The lowest BCUT2D eigenvalue weighted by atomic mass is 10.0. The zero-order valence-electron chi connectivity index (χ0n) is 27.7. The van der Waals surface area contributed by atoms with Crippen LogP contribution < -0.4 is 15.5 Å². The number of nitrogens with one attached hydrogen (secondary N) is 2. The third kappa shape index (κ3) is 9.50. The van der Waals surface area contributed by atoms with Crippen molar-refractivity contribution in [3.8, 4) is 0 Å². The van der Waals surface area contributed by atoms with Gasteiger partial charge in [-0.05, 0) is 71.4 Å². The van der Waals surface area contributed by atoms with Gasteiger partial charge in [0.2, 0.25) is 11.8 Å². The van der Waals surface area contributed by atoms with Gasteiger partial charge in [0, 0.05) is 51.5 Å². The molecule has 0 radical (unpaired) electrons. The molecule has 1 fully saturated rings. The SMILES string of the molecule is CCOC(=O)C(CNC(=O)CCCCc1ccc2c(n1)N(C(=O)OC(C)(C)C)CCC2)NC(=O)C1CN(S(=O)(=O)c2cn(C)cn2)C1. The van der Waals surface area contributed by atoms with Gasteiger partial charge in [-0.1, -0.05) is 6.07 Å². The van der Waals surface area contributed by atoms with Crippen LogP contribution in [-0.4, -0.2) is 95.6 Å². The number of unbranched alkanes of at least 4 members (excludes halogenated alkanes) is 1. The second-order valence-electron chi connectivity index (χ2n) is 12.7. The number of aromatic nitrogens is 3. The van der Waals surface area contributed by atoms with Gasteiger partial charge >= 0.3 is 12.1 Å². The smallest absolute Gasteiger partial charge is 0.416 e. The molecule has 4 heterocycles. The van der Waals surface area contributed by atoms with Crippen molar-refractivity contribution in [2.75, 3.05) is 37.7 Å². The molecule has 2 N–H and O–H groups in total. The van der Waals surface area contributed by atoms with Gasteiger partial charge in [0.05, 0.1) is 18.9 Å². The molecule has 3 amide bonds. The Morgan fingerprint density at radius 1 is 1.13 bits per heavy atom. The van der Waals surface area contributed by atoms with Crippen molar-refractivity contribution in [1.82, 2.24) is 29.5 Å². The topological polar surface area (TPSA) is 182 Å². The number of ether oxygens (including phenoxy) is 2. The number of amides is 3. The first kappa shape index (κ1) is 35.8. The fourth-order valence-corrected chi connectivity index (χ4v) is 6.69. The van der Waals surface area contributed by atoms with Crippen LogP contribution in [0.5, 0.6) is 0 Å². The van der Waals surface area contributed by atoms with E-state index in [1.807, 2.05) is 32.9 Å². The molecule has 0 aromatic carbocycles. The van der Waals surface area contributed by atoms with Crippen LogP contribution in [0.2, 0.25) is 0 Å². The number of nitrogens with zero attached hydrogens (tertiary/aromatic N) is 5. The van der Waals surface area contributed by atoms with Crippen molar-refractivity contribution in [1.29, 1.82) is 0 Å². The molecule has 258 valence electrons. The molecule has 2 aliphatic heterocycles. The van der Waals surface area contributed by atoms with Gasteiger partial charge in [-0.3, -0.25) is 14.5 Å². The lowest BCUT2D eigenvalue weighted by Gasteiger charge is -2.36. The predicted octanol–water partition coefficient (Wildman–Crippen LogP) is 1.70. The van der Waals surface area contributed by atoms with Crippen LogP contribution in [0.25, 0.3) is 0 Å². The number of pyridine rings is 1.